The summed E-state index contributed by atoms with van der Waals surface area (Å²) in [6, 6.07) is 15.7. The van der Waals surface area contributed by atoms with Crippen LogP contribution in [0.15, 0.2) is 53.4 Å². The number of carbonyl (C=O) groups is 1. The fourth-order valence-corrected chi connectivity index (χ4v) is 4.00. The largest absolute Gasteiger partial charge is 0.494 e. The van der Waals surface area contributed by atoms with Crippen LogP contribution in [0.2, 0.25) is 5.02 Å². The maximum atomic E-state index is 12.5. The number of amides is 1. The van der Waals surface area contributed by atoms with Gasteiger partial charge in [-0.3, -0.25) is 4.79 Å². The average molecular weight is 391 g/mol. The second kappa shape index (κ2) is 9.19. The lowest BCUT2D eigenvalue weighted by molar-refractivity contribution is -0.128. The van der Waals surface area contributed by atoms with Gasteiger partial charge in [0.25, 0.3) is 0 Å². The van der Waals surface area contributed by atoms with Crippen LogP contribution >= 0.6 is 23.4 Å². The van der Waals surface area contributed by atoms with Gasteiger partial charge in [0.1, 0.15) is 5.75 Å². The molecule has 1 aliphatic heterocycles. The van der Waals surface area contributed by atoms with Crippen molar-refractivity contribution in [3.63, 3.8) is 0 Å². The number of hydrogen-bond donors (Lipinski definition) is 0. The van der Waals surface area contributed by atoms with Crippen molar-refractivity contribution in [3.05, 3.63) is 53.6 Å². The van der Waals surface area contributed by atoms with Gasteiger partial charge in [0.05, 0.1) is 23.1 Å². The first kappa shape index (κ1) is 18.9. The minimum absolute atomic E-state index is 0.183. The minimum atomic E-state index is 0.183. The highest BCUT2D eigenvalue weighted by Gasteiger charge is 2.22. The van der Waals surface area contributed by atoms with E-state index in [0.29, 0.717) is 12.4 Å². The van der Waals surface area contributed by atoms with Crippen LogP contribution in [0.4, 0.5) is 5.69 Å². The number of rotatable bonds is 6. The number of para-hydroxylation sites is 1. The number of halogens is 1. The molecule has 0 radical (unpaired) electrons. The van der Waals surface area contributed by atoms with Crippen LogP contribution < -0.4 is 9.64 Å². The van der Waals surface area contributed by atoms with Gasteiger partial charge in [-0.1, -0.05) is 23.7 Å². The molecule has 1 saturated heterocycles. The Hall–Kier alpha value is -1.85. The van der Waals surface area contributed by atoms with Gasteiger partial charge in [-0.15, -0.1) is 11.8 Å². The SMILES string of the molecule is CCOc1ccc(SCC(=O)N2CCN(c3ccccc3Cl)CC2)cc1. The van der Waals surface area contributed by atoms with Crippen molar-refractivity contribution < 1.29 is 9.53 Å². The topological polar surface area (TPSA) is 32.8 Å². The summed E-state index contributed by atoms with van der Waals surface area (Å²) in [5.74, 6) is 1.50. The molecule has 0 N–H and O–H groups in total. The molecule has 138 valence electrons. The van der Waals surface area contributed by atoms with E-state index in [1.54, 1.807) is 11.8 Å². The quantitative estimate of drug-likeness (QED) is 0.693. The van der Waals surface area contributed by atoms with Gasteiger partial charge in [-0.25, -0.2) is 0 Å². The molecule has 1 heterocycles. The molecule has 6 heteroatoms. The summed E-state index contributed by atoms with van der Waals surface area (Å²) in [7, 11) is 0. The zero-order valence-corrected chi connectivity index (χ0v) is 16.4. The number of nitrogens with zero attached hydrogens (tertiary/aromatic N) is 2. The van der Waals surface area contributed by atoms with Gasteiger partial charge < -0.3 is 14.5 Å². The van der Waals surface area contributed by atoms with Gasteiger partial charge in [0.15, 0.2) is 0 Å². The number of benzene rings is 2. The molecule has 2 aromatic rings. The summed E-state index contributed by atoms with van der Waals surface area (Å²) in [6.45, 7) is 5.70. The smallest absolute Gasteiger partial charge is 0.233 e. The van der Waals surface area contributed by atoms with Crippen LogP contribution in [0.3, 0.4) is 0 Å². The second-order valence-corrected chi connectivity index (χ2v) is 7.47. The van der Waals surface area contributed by atoms with E-state index in [9.17, 15) is 4.79 Å². The van der Waals surface area contributed by atoms with Crippen LogP contribution in [0.25, 0.3) is 0 Å². The van der Waals surface area contributed by atoms with Crippen LogP contribution in [-0.4, -0.2) is 49.3 Å². The molecule has 0 bridgehead atoms. The molecular weight excluding hydrogens is 368 g/mol. The third kappa shape index (κ3) is 4.86. The van der Waals surface area contributed by atoms with Crippen molar-refractivity contribution in [2.75, 3.05) is 43.4 Å². The van der Waals surface area contributed by atoms with E-state index in [1.807, 2.05) is 60.4 Å². The molecular formula is C20H23ClN2O2S. The van der Waals surface area contributed by atoms with E-state index < -0.39 is 0 Å². The molecule has 1 amide bonds. The van der Waals surface area contributed by atoms with Gasteiger partial charge in [-0.05, 0) is 43.3 Å². The van der Waals surface area contributed by atoms with E-state index >= 15 is 0 Å². The van der Waals surface area contributed by atoms with Crippen molar-refractivity contribution in [1.29, 1.82) is 0 Å². The minimum Gasteiger partial charge on any atom is -0.494 e. The van der Waals surface area contributed by atoms with Gasteiger partial charge in [0, 0.05) is 31.1 Å². The number of piperazine rings is 1. The van der Waals surface area contributed by atoms with Crippen LogP contribution in [0.1, 0.15) is 6.92 Å². The number of hydrogen-bond acceptors (Lipinski definition) is 4. The summed E-state index contributed by atoms with van der Waals surface area (Å²) in [5.41, 5.74) is 1.05. The van der Waals surface area contributed by atoms with Gasteiger partial charge in [0.2, 0.25) is 5.91 Å². The Bertz CT molecular complexity index is 731. The third-order valence-corrected chi connectivity index (χ3v) is 5.64. The molecule has 1 aliphatic rings. The molecule has 0 aromatic heterocycles. The van der Waals surface area contributed by atoms with Gasteiger partial charge >= 0.3 is 0 Å². The zero-order chi connectivity index (χ0) is 18.4. The summed E-state index contributed by atoms with van der Waals surface area (Å²) >= 11 is 7.84. The highest BCUT2D eigenvalue weighted by Crippen LogP contribution is 2.26. The second-order valence-electron chi connectivity index (χ2n) is 6.01. The summed E-state index contributed by atoms with van der Waals surface area (Å²) in [6.07, 6.45) is 0. The number of carbonyl (C=O) groups excluding carboxylic acids is 1. The highest BCUT2D eigenvalue weighted by atomic mass is 35.5. The molecule has 26 heavy (non-hydrogen) atoms. The standard InChI is InChI=1S/C20H23ClN2O2S/c1-2-25-16-7-9-17(10-8-16)26-15-20(24)23-13-11-22(12-14-23)19-6-4-3-5-18(19)21/h3-10H,2,11-15H2,1H3. The maximum absolute atomic E-state index is 12.5. The lowest BCUT2D eigenvalue weighted by Gasteiger charge is -2.36. The predicted octanol–water partition coefficient (Wildman–Crippen LogP) is 4.18. The molecule has 4 nitrogen and oxygen atoms in total. The van der Waals surface area contributed by atoms with Crippen molar-refractivity contribution >= 4 is 35.0 Å². The molecule has 1 fully saturated rings. The van der Waals surface area contributed by atoms with Gasteiger partial charge in [-0.2, -0.15) is 0 Å². The van der Waals surface area contributed by atoms with E-state index in [2.05, 4.69) is 4.90 Å². The summed E-state index contributed by atoms with van der Waals surface area (Å²) < 4.78 is 5.44. The Balaban J connectivity index is 1.47. The van der Waals surface area contributed by atoms with E-state index in [-0.39, 0.29) is 5.91 Å². The van der Waals surface area contributed by atoms with E-state index in [4.69, 9.17) is 16.3 Å². The summed E-state index contributed by atoms with van der Waals surface area (Å²) in [5, 5.41) is 0.762. The van der Waals surface area contributed by atoms with Crippen LogP contribution in [-0.2, 0) is 4.79 Å². The third-order valence-electron chi connectivity index (χ3n) is 4.32. The number of ether oxygens (including phenoxy) is 1. The first-order chi connectivity index (χ1) is 12.7. The molecule has 0 unspecified atom stereocenters. The van der Waals surface area contributed by atoms with Crippen LogP contribution in [0, 0.1) is 0 Å². The number of anilines is 1. The molecule has 0 aliphatic carbocycles. The maximum Gasteiger partial charge on any atom is 0.233 e. The predicted molar refractivity (Wildman–Crippen MR) is 109 cm³/mol. The average Bonchev–Trinajstić information content (AvgIpc) is 2.68. The number of thioether (sulfide) groups is 1. The van der Waals surface area contributed by atoms with Crippen molar-refractivity contribution in [2.24, 2.45) is 0 Å². The van der Waals surface area contributed by atoms with Crippen molar-refractivity contribution in [3.8, 4) is 5.75 Å². The fraction of sp³-hybridized carbons (Fsp3) is 0.350. The lowest BCUT2D eigenvalue weighted by Crippen LogP contribution is -2.49. The first-order valence-electron chi connectivity index (χ1n) is 8.80. The normalized spacial score (nSPS) is 14.4. The van der Waals surface area contributed by atoms with Crippen molar-refractivity contribution in [1.82, 2.24) is 4.90 Å². The molecule has 3 rings (SSSR count). The highest BCUT2D eigenvalue weighted by molar-refractivity contribution is 8.00. The Morgan fingerprint density at radius 2 is 1.77 bits per heavy atom. The van der Waals surface area contributed by atoms with Crippen molar-refractivity contribution in [2.45, 2.75) is 11.8 Å². The Kier molecular flexibility index (Phi) is 6.69. The molecule has 2 aromatic carbocycles. The molecule has 0 saturated carbocycles. The zero-order valence-electron chi connectivity index (χ0n) is 14.9. The Morgan fingerprint density at radius 1 is 1.08 bits per heavy atom. The Labute approximate surface area is 164 Å². The molecule has 0 spiro atoms. The fourth-order valence-electron chi connectivity index (χ4n) is 2.94. The van der Waals surface area contributed by atoms with E-state index in [1.165, 1.54) is 0 Å². The summed E-state index contributed by atoms with van der Waals surface area (Å²) in [4.78, 5) is 17.7. The Morgan fingerprint density at radius 3 is 2.42 bits per heavy atom. The molecule has 0 atom stereocenters. The lowest BCUT2D eigenvalue weighted by atomic mass is 10.2. The monoisotopic (exact) mass is 390 g/mol. The van der Waals surface area contributed by atoms with E-state index in [0.717, 1.165) is 47.5 Å². The first-order valence-corrected chi connectivity index (χ1v) is 10.2. The van der Waals surface area contributed by atoms with Crippen LogP contribution in [0.5, 0.6) is 5.75 Å².